The van der Waals surface area contributed by atoms with Crippen molar-refractivity contribution in [2.24, 2.45) is 0 Å². The lowest BCUT2D eigenvalue weighted by Crippen LogP contribution is -2.41. The molecule has 0 radical (unpaired) electrons. The third kappa shape index (κ3) is 5.79. The van der Waals surface area contributed by atoms with Gasteiger partial charge < -0.3 is 20.5 Å². The fraction of sp³-hybridized carbons (Fsp3) is 0.348. The first-order valence-corrected chi connectivity index (χ1v) is 11.4. The average Bonchev–Trinajstić information content (AvgIpc) is 3.09. The molecule has 0 unspecified atom stereocenters. The van der Waals surface area contributed by atoms with Crippen LogP contribution in [0.4, 0.5) is 4.79 Å². The molecule has 3 N–H and O–H groups in total. The zero-order valence-electron chi connectivity index (χ0n) is 17.3. The zero-order valence-corrected chi connectivity index (χ0v) is 18.1. The molecule has 1 aliphatic rings. The Morgan fingerprint density at radius 2 is 1.68 bits per heavy atom. The van der Waals surface area contributed by atoms with Crippen molar-refractivity contribution < 1.29 is 24.2 Å². The van der Waals surface area contributed by atoms with Gasteiger partial charge in [-0.15, -0.1) is 0 Å². The van der Waals surface area contributed by atoms with E-state index in [0.717, 1.165) is 11.1 Å². The third-order valence-electron chi connectivity index (χ3n) is 5.13. The smallest absolute Gasteiger partial charge is 0.407 e. The Bertz CT molecular complexity index is 904. The number of alkyl carbamates (subject to hydrolysis) is 1. The van der Waals surface area contributed by atoms with E-state index in [1.165, 1.54) is 22.9 Å². The molecule has 2 aromatic rings. The number of hydrogen-bond donors (Lipinski definition) is 3. The summed E-state index contributed by atoms with van der Waals surface area (Å²) >= 11 is 1.32. The number of benzene rings is 2. The fourth-order valence-electron chi connectivity index (χ4n) is 3.61. The van der Waals surface area contributed by atoms with Crippen molar-refractivity contribution in [1.29, 1.82) is 0 Å². The summed E-state index contributed by atoms with van der Waals surface area (Å²) in [5, 5.41) is 14.1. The second-order valence-electron chi connectivity index (χ2n) is 7.17. The number of ether oxygens (including phenoxy) is 1. The van der Waals surface area contributed by atoms with Crippen LogP contribution >= 0.6 is 11.8 Å². The highest BCUT2D eigenvalue weighted by Gasteiger charge is 2.28. The van der Waals surface area contributed by atoms with Gasteiger partial charge in [0.25, 0.3) is 0 Å². The predicted molar refractivity (Wildman–Crippen MR) is 120 cm³/mol. The molecule has 0 fully saturated rings. The zero-order chi connectivity index (χ0) is 22.2. The van der Waals surface area contributed by atoms with Crippen LogP contribution in [-0.2, 0) is 14.3 Å². The number of aliphatic carboxylic acids is 1. The molecule has 0 saturated heterocycles. The van der Waals surface area contributed by atoms with E-state index in [0.29, 0.717) is 18.7 Å². The molecule has 164 valence electrons. The number of nitrogens with one attached hydrogen (secondary N) is 2. The maximum absolute atomic E-state index is 12.1. The molecule has 0 heterocycles. The van der Waals surface area contributed by atoms with Crippen LogP contribution in [0.5, 0.6) is 0 Å². The van der Waals surface area contributed by atoms with Crippen molar-refractivity contribution in [1.82, 2.24) is 10.6 Å². The lowest BCUT2D eigenvalue weighted by atomic mass is 9.98. The van der Waals surface area contributed by atoms with Gasteiger partial charge in [-0.05, 0) is 28.7 Å². The van der Waals surface area contributed by atoms with Gasteiger partial charge in [-0.2, -0.15) is 11.8 Å². The van der Waals surface area contributed by atoms with Crippen molar-refractivity contribution in [3.05, 3.63) is 59.7 Å². The van der Waals surface area contributed by atoms with E-state index in [2.05, 4.69) is 34.9 Å². The summed E-state index contributed by atoms with van der Waals surface area (Å²) in [4.78, 5) is 34.8. The monoisotopic (exact) mass is 442 g/mol. The normalized spacial score (nSPS) is 13.1. The van der Waals surface area contributed by atoms with Gasteiger partial charge in [0, 0.05) is 18.2 Å². The molecule has 0 spiro atoms. The first kappa shape index (κ1) is 22.7. The first-order valence-electron chi connectivity index (χ1n) is 10.2. The van der Waals surface area contributed by atoms with Gasteiger partial charge in [0.1, 0.15) is 12.6 Å². The van der Waals surface area contributed by atoms with Crippen LogP contribution in [0.25, 0.3) is 11.1 Å². The number of hydrogen-bond acceptors (Lipinski definition) is 5. The van der Waals surface area contributed by atoms with E-state index >= 15 is 0 Å². The van der Waals surface area contributed by atoms with E-state index in [9.17, 15) is 14.4 Å². The molecule has 8 heteroatoms. The molecule has 1 aliphatic carbocycles. The van der Waals surface area contributed by atoms with E-state index in [4.69, 9.17) is 9.84 Å². The molecule has 7 nitrogen and oxygen atoms in total. The van der Waals surface area contributed by atoms with Crippen molar-refractivity contribution in [2.45, 2.75) is 25.3 Å². The SMILES string of the molecule is CC[C@@H](NC(=O)CSCCNC(=O)OCC1c2ccccc2-c2ccccc21)C(=O)O. The summed E-state index contributed by atoms with van der Waals surface area (Å²) in [5.41, 5.74) is 4.67. The molecule has 0 bridgehead atoms. The van der Waals surface area contributed by atoms with Crippen molar-refractivity contribution in [2.75, 3.05) is 24.7 Å². The topological polar surface area (TPSA) is 105 Å². The molecule has 0 aromatic heterocycles. The average molecular weight is 443 g/mol. The Hall–Kier alpha value is -3.00. The van der Waals surface area contributed by atoms with Crippen LogP contribution in [0.2, 0.25) is 0 Å². The molecule has 0 saturated carbocycles. The summed E-state index contributed by atoms with van der Waals surface area (Å²) in [6, 6.07) is 15.4. The highest BCUT2D eigenvalue weighted by atomic mass is 32.2. The van der Waals surface area contributed by atoms with Gasteiger partial charge >= 0.3 is 12.1 Å². The number of rotatable bonds is 10. The van der Waals surface area contributed by atoms with Gasteiger partial charge in [-0.3, -0.25) is 4.79 Å². The van der Waals surface area contributed by atoms with E-state index in [1.54, 1.807) is 6.92 Å². The first-order chi connectivity index (χ1) is 15.0. The Morgan fingerprint density at radius 3 is 2.26 bits per heavy atom. The number of amides is 2. The second kappa shape index (κ2) is 10.9. The van der Waals surface area contributed by atoms with Crippen LogP contribution in [0.15, 0.2) is 48.5 Å². The second-order valence-corrected chi connectivity index (χ2v) is 8.28. The van der Waals surface area contributed by atoms with Crippen molar-refractivity contribution in [3.8, 4) is 11.1 Å². The minimum atomic E-state index is -1.04. The number of carboxylic acids is 1. The number of carbonyl (C=O) groups is 3. The van der Waals surface area contributed by atoms with E-state index < -0.39 is 18.1 Å². The van der Waals surface area contributed by atoms with Gasteiger partial charge in [0.15, 0.2) is 0 Å². The molecule has 3 rings (SSSR count). The summed E-state index contributed by atoms with van der Waals surface area (Å²) in [6.45, 7) is 2.30. The van der Waals surface area contributed by atoms with Crippen LogP contribution < -0.4 is 10.6 Å². The Morgan fingerprint density at radius 1 is 1.06 bits per heavy atom. The molecular weight excluding hydrogens is 416 g/mol. The van der Waals surface area contributed by atoms with Crippen LogP contribution in [0, 0.1) is 0 Å². The Kier molecular flexibility index (Phi) is 7.94. The molecule has 31 heavy (non-hydrogen) atoms. The summed E-state index contributed by atoms with van der Waals surface area (Å²) in [7, 11) is 0. The summed E-state index contributed by atoms with van der Waals surface area (Å²) in [5.74, 6) is -0.715. The van der Waals surface area contributed by atoms with Crippen molar-refractivity contribution in [3.63, 3.8) is 0 Å². The largest absolute Gasteiger partial charge is 0.480 e. The predicted octanol–water partition coefficient (Wildman–Crippen LogP) is 3.24. The minimum Gasteiger partial charge on any atom is -0.480 e. The number of carboxylic acid groups (broad SMARTS) is 1. The highest BCUT2D eigenvalue weighted by molar-refractivity contribution is 7.99. The summed E-state index contributed by atoms with van der Waals surface area (Å²) in [6.07, 6.45) is -0.168. The maximum atomic E-state index is 12.1. The van der Waals surface area contributed by atoms with Crippen molar-refractivity contribution >= 4 is 29.7 Å². The van der Waals surface area contributed by atoms with Crippen LogP contribution in [-0.4, -0.2) is 53.8 Å². The molecule has 2 aromatic carbocycles. The highest BCUT2D eigenvalue weighted by Crippen LogP contribution is 2.44. The van der Waals surface area contributed by atoms with Gasteiger partial charge in [-0.25, -0.2) is 9.59 Å². The van der Waals surface area contributed by atoms with E-state index in [-0.39, 0.29) is 24.2 Å². The molecular formula is C23H26N2O5S. The van der Waals surface area contributed by atoms with Gasteiger partial charge in [0.05, 0.1) is 5.75 Å². The lowest BCUT2D eigenvalue weighted by molar-refractivity contribution is -0.141. The fourth-order valence-corrected chi connectivity index (χ4v) is 4.27. The third-order valence-corrected chi connectivity index (χ3v) is 6.09. The minimum absolute atomic E-state index is 0.0111. The molecule has 0 aliphatic heterocycles. The number of thioether (sulfide) groups is 1. The van der Waals surface area contributed by atoms with Gasteiger partial charge in [0.2, 0.25) is 5.91 Å². The van der Waals surface area contributed by atoms with Crippen LogP contribution in [0.1, 0.15) is 30.4 Å². The molecule has 2 amide bonds. The van der Waals surface area contributed by atoms with Crippen LogP contribution in [0.3, 0.4) is 0 Å². The quantitative estimate of drug-likeness (QED) is 0.488. The Balaban J connectivity index is 1.39. The number of carbonyl (C=O) groups excluding carboxylic acids is 2. The lowest BCUT2D eigenvalue weighted by Gasteiger charge is -2.14. The van der Waals surface area contributed by atoms with E-state index in [1.807, 2.05) is 24.3 Å². The molecule has 1 atom stereocenters. The number of fused-ring (bicyclic) bond motifs is 3. The summed E-state index contributed by atoms with van der Waals surface area (Å²) < 4.78 is 5.46. The Labute approximate surface area is 185 Å². The van der Waals surface area contributed by atoms with Gasteiger partial charge in [-0.1, -0.05) is 55.5 Å². The maximum Gasteiger partial charge on any atom is 0.407 e. The standard InChI is InChI=1S/C23H26N2O5S/c1-2-20(22(27)28)25-21(26)14-31-12-11-24-23(29)30-13-19-17-9-5-3-7-15(17)16-8-4-6-10-18(16)19/h3-10,19-20H,2,11-14H2,1H3,(H,24,29)(H,25,26)(H,27,28)/t20-/m1/s1.